The molecule has 1 rings (SSSR count). The largest absolute Gasteiger partial charge is 0.481 e. The van der Waals surface area contributed by atoms with Gasteiger partial charge >= 0.3 is 5.97 Å². The van der Waals surface area contributed by atoms with Gasteiger partial charge in [-0.1, -0.05) is 20.3 Å². The highest BCUT2D eigenvalue weighted by molar-refractivity contribution is 5.88. The minimum absolute atomic E-state index is 0.0263. The molecular formula is C11H19NO3. The highest BCUT2D eigenvalue weighted by Crippen LogP contribution is 2.27. The molecule has 1 heterocycles. The van der Waals surface area contributed by atoms with E-state index in [9.17, 15) is 9.59 Å². The van der Waals surface area contributed by atoms with Gasteiger partial charge in [0.15, 0.2) is 0 Å². The van der Waals surface area contributed by atoms with Gasteiger partial charge in [0, 0.05) is 13.1 Å². The van der Waals surface area contributed by atoms with Gasteiger partial charge in [-0.05, 0) is 12.8 Å². The van der Waals surface area contributed by atoms with Crippen molar-refractivity contribution in [2.75, 3.05) is 13.1 Å². The maximum atomic E-state index is 11.8. The van der Waals surface area contributed by atoms with Gasteiger partial charge in [-0.15, -0.1) is 0 Å². The first-order valence-electron chi connectivity index (χ1n) is 5.63. The Morgan fingerprint density at radius 2 is 2.20 bits per heavy atom. The third kappa shape index (κ3) is 2.49. The van der Waals surface area contributed by atoms with E-state index >= 15 is 0 Å². The normalized spacial score (nSPS) is 26.0. The molecule has 1 amide bonds. The van der Waals surface area contributed by atoms with Gasteiger partial charge in [0.1, 0.15) is 0 Å². The number of hydrogen-bond donors (Lipinski definition) is 1. The summed E-state index contributed by atoms with van der Waals surface area (Å²) in [5.74, 6) is -1.62. The van der Waals surface area contributed by atoms with Crippen molar-refractivity contribution in [3.63, 3.8) is 0 Å². The van der Waals surface area contributed by atoms with Crippen LogP contribution in [0.25, 0.3) is 0 Å². The molecule has 4 nitrogen and oxygen atoms in total. The van der Waals surface area contributed by atoms with Gasteiger partial charge in [-0.3, -0.25) is 9.59 Å². The first-order chi connectivity index (χ1) is 7.11. The second-order valence-corrected chi connectivity index (χ2v) is 4.10. The van der Waals surface area contributed by atoms with Gasteiger partial charge in [-0.2, -0.15) is 0 Å². The molecule has 2 atom stereocenters. The van der Waals surface area contributed by atoms with Crippen LogP contribution in [0.15, 0.2) is 0 Å². The minimum atomic E-state index is -0.839. The third-order valence-electron chi connectivity index (χ3n) is 3.07. The SMILES string of the molecule is CCCCN1CC(C(=O)O)C(CC)C1=O. The molecule has 0 aromatic rings. The molecule has 0 spiro atoms. The maximum Gasteiger partial charge on any atom is 0.309 e. The van der Waals surface area contributed by atoms with Crippen LogP contribution in [-0.4, -0.2) is 35.0 Å². The summed E-state index contributed by atoms with van der Waals surface area (Å²) in [6.07, 6.45) is 2.60. The summed E-state index contributed by atoms with van der Waals surface area (Å²) in [5, 5.41) is 9.00. The fourth-order valence-electron chi connectivity index (χ4n) is 2.12. The summed E-state index contributed by atoms with van der Waals surface area (Å²) >= 11 is 0. The fourth-order valence-corrected chi connectivity index (χ4v) is 2.12. The minimum Gasteiger partial charge on any atom is -0.481 e. The number of amides is 1. The number of rotatable bonds is 5. The topological polar surface area (TPSA) is 57.6 Å². The highest BCUT2D eigenvalue weighted by atomic mass is 16.4. The Labute approximate surface area is 90.3 Å². The number of carboxylic acids is 1. The van der Waals surface area contributed by atoms with Crippen molar-refractivity contribution >= 4 is 11.9 Å². The van der Waals surface area contributed by atoms with E-state index in [2.05, 4.69) is 6.92 Å². The summed E-state index contributed by atoms with van der Waals surface area (Å²) in [4.78, 5) is 24.5. The van der Waals surface area contributed by atoms with Crippen molar-refractivity contribution < 1.29 is 14.7 Å². The Morgan fingerprint density at radius 3 is 2.60 bits per heavy atom. The Morgan fingerprint density at radius 1 is 1.53 bits per heavy atom. The first kappa shape index (κ1) is 12.0. The molecule has 4 heteroatoms. The van der Waals surface area contributed by atoms with E-state index in [4.69, 9.17) is 5.11 Å². The van der Waals surface area contributed by atoms with E-state index < -0.39 is 11.9 Å². The maximum absolute atomic E-state index is 11.8. The van der Waals surface area contributed by atoms with Gasteiger partial charge in [0.2, 0.25) is 5.91 Å². The lowest BCUT2D eigenvalue weighted by atomic mass is 9.93. The van der Waals surface area contributed by atoms with E-state index in [0.717, 1.165) is 12.8 Å². The lowest BCUT2D eigenvalue weighted by Crippen LogP contribution is -2.28. The van der Waals surface area contributed by atoms with E-state index in [-0.39, 0.29) is 11.8 Å². The summed E-state index contributed by atoms with van der Waals surface area (Å²) in [6, 6.07) is 0. The quantitative estimate of drug-likeness (QED) is 0.750. The van der Waals surface area contributed by atoms with Gasteiger partial charge < -0.3 is 10.0 Å². The zero-order valence-electron chi connectivity index (χ0n) is 9.40. The number of carbonyl (C=O) groups excluding carboxylic acids is 1. The number of aliphatic carboxylic acids is 1. The molecule has 1 aliphatic heterocycles. The standard InChI is InChI=1S/C11H19NO3/c1-3-5-6-12-7-9(11(14)15)8(4-2)10(12)13/h8-9H,3-7H2,1-2H3,(H,14,15). The second kappa shape index (κ2) is 5.14. The monoisotopic (exact) mass is 213 g/mol. The van der Waals surface area contributed by atoms with Gasteiger partial charge in [-0.25, -0.2) is 0 Å². The Balaban J connectivity index is 2.65. The summed E-state index contributed by atoms with van der Waals surface area (Å²) in [6.45, 7) is 5.04. The highest BCUT2D eigenvalue weighted by Gasteiger charge is 2.42. The number of hydrogen-bond acceptors (Lipinski definition) is 2. The molecule has 1 saturated heterocycles. The van der Waals surface area contributed by atoms with Gasteiger partial charge in [0.25, 0.3) is 0 Å². The molecule has 2 unspecified atom stereocenters. The zero-order valence-corrected chi connectivity index (χ0v) is 9.40. The van der Waals surface area contributed by atoms with Crippen LogP contribution in [0.5, 0.6) is 0 Å². The molecule has 1 N–H and O–H groups in total. The molecule has 15 heavy (non-hydrogen) atoms. The molecule has 0 saturated carbocycles. The van der Waals surface area contributed by atoms with Crippen molar-refractivity contribution in [2.45, 2.75) is 33.1 Å². The summed E-state index contributed by atoms with van der Waals surface area (Å²) in [7, 11) is 0. The zero-order chi connectivity index (χ0) is 11.4. The van der Waals surface area contributed by atoms with Crippen LogP contribution in [0.3, 0.4) is 0 Å². The van der Waals surface area contributed by atoms with Crippen molar-refractivity contribution in [2.24, 2.45) is 11.8 Å². The van der Waals surface area contributed by atoms with E-state index in [1.54, 1.807) is 4.90 Å². The van der Waals surface area contributed by atoms with Crippen LogP contribution in [0.2, 0.25) is 0 Å². The smallest absolute Gasteiger partial charge is 0.309 e. The Bertz CT molecular complexity index is 252. The lowest BCUT2D eigenvalue weighted by Gasteiger charge is -2.15. The third-order valence-corrected chi connectivity index (χ3v) is 3.07. The van der Waals surface area contributed by atoms with Crippen LogP contribution in [0.1, 0.15) is 33.1 Å². The lowest BCUT2D eigenvalue weighted by molar-refractivity contribution is -0.144. The molecule has 0 radical (unpaired) electrons. The molecule has 1 fully saturated rings. The Kier molecular flexibility index (Phi) is 4.12. The van der Waals surface area contributed by atoms with E-state index in [1.807, 2.05) is 6.92 Å². The number of nitrogens with zero attached hydrogens (tertiary/aromatic N) is 1. The predicted molar refractivity (Wildman–Crippen MR) is 56.4 cm³/mol. The molecule has 86 valence electrons. The molecule has 0 aliphatic carbocycles. The molecule has 0 bridgehead atoms. The summed E-state index contributed by atoms with van der Waals surface area (Å²) < 4.78 is 0. The average Bonchev–Trinajstić information content (AvgIpc) is 2.52. The number of carbonyl (C=O) groups is 2. The van der Waals surface area contributed by atoms with Crippen molar-refractivity contribution in [1.29, 1.82) is 0 Å². The van der Waals surface area contributed by atoms with Crippen LogP contribution >= 0.6 is 0 Å². The van der Waals surface area contributed by atoms with Crippen LogP contribution in [0, 0.1) is 11.8 Å². The van der Waals surface area contributed by atoms with Crippen LogP contribution in [0.4, 0.5) is 0 Å². The number of likely N-dealkylation sites (tertiary alicyclic amines) is 1. The Hall–Kier alpha value is -1.06. The predicted octanol–water partition coefficient (Wildman–Crippen LogP) is 1.36. The van der Waals surface area contributed by atoms with Crippen molar-refractivity contribution in [3.8, 4) is 0 Å². The van der Waals surface area contributed by atoms with Crippen molar-refractivity contribution in [1.82, 2.24) is 4.90 Å². The molecule has 0 aromatic heterocycles. The number of carboxylic acid groups (broad SMARTS) is 1. The number of unbranched alkanes of at least 4 members (excludes halogenated alkanes) is 1. The fraction of sp³-hybridized carbons (Fsp3) is 0.818. The van der Waals surface area contributed by atoms with Crippen molar-refractivity contribution in [3.05, 3.63) is 0 Å². The molecular weight excluding hydrogens is 194 g/mol. The second-order valence-electron chi connectivity index (χ2n) is 4.10. The summed E-state index contributed by atoms with van der Waals surface area (Å²) in [5.41, 5.74) is 0. The molecule has 1 aliphatic rings. The average molecular weight is 213 g/mol. The van der Waals surface area contributed by atoms with E-state index in [1.165, 1.54) is 0 Å². The first-order valence-corrected chi connectivity index (χ1v) is 5.63. The van der Waals surface area contributed by atoms with E-state index in [0.29, 0.717) is 19.5 Å². The van der Waals surface area contributed by atoms with Crippen LogP contribution < -0.4 is 0 Å². The van der Waals surface area contributed by atoms with Crippen LogP contribution in [-0.2, 0) is 9.59 Å². The van der Waals surface area contributed by atoms with Gasteiger partial charge in [0.05, 0.1) is 11.8 Å². The molecule has 0 aromatic carbocycles.